The van der Waals surface area contributed by atoms with Crippen molar-refractivity contribution in [1.29, 1.82) is 5.26 Å². The molecule has 2 saturated heterocycles. The molecule has 2 aromatic carbocycles. The van der Waals surface area contributed by atoms with Gasteiger partial charge in [-0.15, -0.1) is 0 Å². The number of para-hydroxylation sites is 1. The molecule has 2 aliphatic rings. The summed E-state index contributed by atoms with van der Waals surface area (Å²) >= 11 is 0. The van der Waals surface area contributed by atoms with E-state index in [0.29, 0.717) is 29.1 Å². The average molecular weight is 404 g/mol. The number of ether oxygens (including phenoxy) is 1. The lowest BCUT2D eigenvalue weighted by atomic mass is 9.79. The van der Waals surface area contributed by atoms with Gasteiger partial charge in [0.2, 0.25) is 0 Å². The number of amides is 1. The normalized spacial score (nSPS) is 22.4. The highest BCUT2D eigenvalue weighted by atomic mass is 16.5. The van der Waals surface area contributed by atoms with Crippen molar-refractivity contribution in [3.63, 3.8) is 0 Å². The minimum atomic E-state index is 0.0250. The maximum Gasteiger partial charge on any atom is 0.253 e. The van der Waals surface area contributed by atoms with Crippen molar-refractivity contribution < 1.29 is 9.53 Å². The van der Waals surface area contributed by atoms with E-state index in [1.54, 1.807) is 24.3 Å². The van der Waals surface area contributed by atoms with Crippen molar-refractivity contribution in [1.82, 2.24) is 9.80 Å². The van der Waals surface area contributed by atoms with Gasteiger partial charge in [0.25, 0.3) is 5.91 Å². The fourth-order valence-corrected chi connectivity index (χ4v) is 4.77. The first-order valence-electron chi connectivity index (χ1n) is 10.8. The van der Waals surface area contributed by atoms with Gasteiger partial charge in [0.1, 0.15) is 11.9 Å². The fourth-order valence-electron chi connectivity index (χ4n) is 4.77. The summed E-state index contributed by atoms with van der Waals surface area (Å²) in [6.07, 6.45) is 2.16. The van der Waals surface area contributed by atoms with E-state index in [0.717, 1.165) is 38.2 Å². The SMILES string of the molecule is CC(C)N1C[C@H](Oc2ccccc2)[C@@H]1C1CCN(C(=O)c2cccc(C#N)c2)CC1. The Bertz CT molecular complexity index is 913. The molecule has 5 heteroatoms. The number of hydrogen-bond acceptors (Lipinski definition) is 4. The predicted octanol–water partition coefficient (Wildman–Crippen LogP) is 3.95. The summed E-state index contributed by atoms with van der Waals surface area (Å²) in [6, 6.07) is 20.0. The van der Waals surface area contributed by atoms with Crippen molar-refractivity contribution in [3.8, 4) is 11.8 Å². The van der Waals surface area contributed by atoms with Crippen molar-refractivity contribution in [3.05, 3.63) is 65.7 Å². The number of carbonyl (C=O) groups excluding carboxylic acids is 1. The Morgan fingerprint density at radius 3 is 2.50 bits per heavy atom. The fraction of sp³-hybridized carbons (Fsp3) is 0.440. The Kier molecular flexibility index (Phi) is 6.06. The third kappa shape index (κ3) is 4.20. The van der Waals surface area contributed by atoms with E-state index >= 15 is 0 Å². The second-order valence-corrected chi connectivity index (χ2v) is 8.57. The minimum absolute atomic E-state index is 0.0250. The molecule has 4 rings (SSSR count). The standard InChI is InChI=1S/C25H29N3O2/c1-18(2)28-17-23(30-22-9-4-3-5-10-22)24(28)20-11-13-27(14-12-20)25(29)21-8-6-7-19(15-21)16-26/h3-10,15,18,20,23-24H,11-14,17H2,1-2H3/t23-,24-/m0/s1. The van der Waals surface area contributed by atoms with Crippen LogP contribution in [0.25, 0.3) is 0 Å². The van der Waals surface area contributed by atoms with E-state index in [1.807, 2.05) is 35.2 Å². The lowest BCUT2D eigenvalue weighted by molar-refractivity contribution is -0.0983. The minimum Gasteiger partial charge on any atom is -0.487 e. The van der Waals surface area contributed by atoms with Crippen molar-refractivity contribution in [2.75, 3.05) is 19.6 Å². The van der Waals surface area contributed by atoms with Crippen LogP contribution in [0.5, 0.6) is 5.75 Å². The molecule has 2 heterocycles. The number of likely N-dealkylation sites (tertiary alicyclic amines) is 2. The van der Waals surface area contributed by atoms with Gasteiger partial charge < -0.3 is 9.64 Å². The summed E-state index contributed by atoms with van der Waals surface area (Å²) in [6.45, 7) is 6.94. The molecule has 5 nitrogen and oxygen atoms in total. The molecule has 0 saturated carbocycles. The van der Waals surface area contributed by atoms with Crippen molar-refractivity contribution in [2.45, 2.75) is 44.9 Å². The maximum absolute atomic E-state index is 12.9. The first kappa shape index (κ1) is 20.4. The second-order valence-electron chi connectivity index (χ2n) is 8.57. The Hall–Kier alpha value is -2.84. The lowest BCUT2D eigenvalue weighted by Crippen LogP contribution is -2.68. The van der Waals surface area contributed by atoms with E-state index in [2.05, 4.69) is 24.8 Å². The Morgan fingerprint density at radius 1 is 1.10 bits per heavy atom. The number of rotatable bonds is 5. The number of piperidine rings is 1. The van der Waals surface area contributed by atoms with Gasteiger partial charge >= 0.3 is 0 Å². The Morgan fingerprint density at radius 2 is 1.83 bits per heavy atom. The average Bonchev–Trinajstić information content (AvgIpc) is 2.77. The number of carbonyl (C=O) groups is 1. The number of hydrogen-bond donors (Lipinski definition) is 0. The van der Waals surface area contributed by atoms with Gasteiger partial charge in [-0.05, 0) is 62.9 Å². The summed E-state index contributed by atoms with van der Waals surface area (Å²) in [5, 5.41) is 9.09. The molecular weight excluding hydrogens is 374 g/mol. The molecule has 2 atom stereocenters. The Labute approximate surface area is 178 Å². The monoisotopic (exact) mass is 403 g/mol. The molecule has 0 bridgehead atoms. The first-order chi connectivity index (χ1) is 14.6. The van der Waals surface area contributed by atoms with Crippen LogP contribution in [-0.2, 0) is 0 Å². The van der Waals surface area contributed by atoms with Crippen molar-refractivity contribution in [2.24, 2.45) is 5.92 Å². The Balaban J connectivity index is 1.39. The zero-order valence-corrected chi connectivity index (χ0v) is 17.7. The molecule has 2 fully saturated rings. The molecule has 0 radical (unpaired) electrons. The predicted molar refractivity (Wildman–Crippen MR) is 116 cm³/mol. The van der Waals surface area contributed by atoms with Gasteiger partial charge in [-0.1, -0.05) is 24.3 Å². The topological polar surface area (TPSA) is 56.6 Å². The van der Waals surface area contributed by atoms with Crippen LogP contribution < -0.4 is 4.74 Å². The van der Waals surface area contributed by atoms with Crippen LogP contribution in [0.3, 0.4) is 0 Å². The number of nitrogens with zero attached hydrogens (tertiary/aromatic N) is 3. The van der Waals surface area contributed by atoms with Crippen LogP contribution in [0.15, 0.2) is 54.6 Å². The van der Waals surface area contributed by atoms with Crippen LogP contribution in [0.2, 0.25) is 0 Å². The van der Waals surface area contributed by atoms with Gasteiger partial charge in [0.05, 0.1) is 17.7 Å². The molecule has 1 amide bonds. The molecule has 156 valence electrons. The third-order valence-corrected chi connectivity index (χ3v) is 6.40. The molecule has 0 aromatic heterocycles. The van der Waals surface area contributed by atoms with Crippen LogP contribution >= 0.6 is 0 Å². The molecule has 0 spiro atoms. The molecular formula is C25H29N3O2. The van der Waals surface area contributed by atoms with E-state index in [4.69, 9.17) is 10.00 Å². The molecule has 2 aliphatic heterocycles. The van der Waals surface area contributed by atoms with E-state index in [9.17, 15) is 4.79 Å². The highest BCUT2D eigenvalue weighted by Gasteiger charge is 2.47. The highest BCUT2D eigenvalue weighted by molar-refractivity contribution is 5.94. The van der Waals surface area contributed by atoms with Gasteiger partial charge in [-0.2, -0.15) is 5.26 Å². The van der Waals surface area contributed by atoms with Gasteiger partial charge in [-0.3, -0.25) is 9.69 Å². The largest absolute Gasteiger partial charge is 0.487 e. The van der Waals surface area contributed by atoms with E-state index < -0.39 is 0 Å². The molecule has 0 aliphatic carbocycles. The van der Waals surface area contributed by atoms with Crippen LogP contribution in [0, 0.1) is 17.2 Å². The smallest absolute Gasteiger partial charge is 0.253 e. The van der Waals surface area contributed by atoms with Crippen LogP contribution in [-0.4, -0.2) is 53.5 Å². The second kappa shape index (κ2) is 8.89. The third-order valence-electron chi connectivity index (χ3n) is 6.40. The lowest BCUT2D eigenvalue weighted by Gasteiger charge is -2.54. The maximum atomic E-state index is 12.9. The van der Waals surface area contributed by atoms with Crippen LogP contribution in [0.1, 0.15) is 42.6 Å². The van der Waals surface area contributed by atoms with Gasteiger partial charge in [-0.25, -0.2) is 0 Å². The highest BCUT2D eigenvalue weighted by Crippen LogP contribution is 2.36. The summed E-state index contributed by atoms with van der Waals surface area (Å²) in [5.74, 6) is 1.47. The quantitative estimate of drug-likeness (QED) is 0.759. The number of nitriles is 1. The van der Waals surface area contributed by atoms with Crippen LogP contribution in [0.4, 0.5) is 0 Å². The van der Waals surface area contributed by atoms with Gasteiger partial charge in [0, 0.05) is 31.2 Å². The molecule has 2 aromatic rings. The first-order valence-corrected chi connectivity index (χ1v) is 10.8. The van der Waals surface area contributed by atoms with Crippen molar-refractivity contribution >= 4 is 5.91 Å². The van der Waals surface area contributed by atoms with Gasteiger partial charge in [0.15, 0.2) is 0 Å². The summed E-state index contributed by atoms with van der Waals surface area (Å²) < 4.78 is 6.31. The zero-order chi connectivity index (χ0) is 21.1. The zero-order valence-electron chi connectivity index (χ0n) is 17.7. The number of benzene rings is 2. The summed E-state index contributed by atoms with van der Waals surface area (Å²) in [4.78, 5) is 17.4. The molecule has 30 heavy (non-hydrogen) atoms. The van der Waals surface area contributed by atoms with E-state index in [-0.39, 0.29) is 12.0 Å². The molecule has 0 unspecified atom stereocenters. The van der Waals surface area contributed by atoms with E-state index in [1.165, 1.54) is 0 Å². The summed E-state index contributed by atoms with van der Waals surface area (Å²) in [7, 11) is 0. The molecule has 0 N–H and O–H groups in total. The summed E-state index contributed by atoms with van der Waals surface area (Å²) in [5.41, 5.74) is 1.13.